The lowest BCUT2D eigenvalue weighted by atomic mass is 10.1. The molecule has 276 valence electrons. The maximum absolute atomic E-state index is 13.0. The van der Waals surface area contributed by atoms with Crippen LogP contribution in [0.4, 0.5) is 27.5 Å². The SMILES string of the molecule is Cc1cc(Nc2ccc(S(=O)(=O)O)c3ccc(O)cc23)ccc1C(=O)NC(=O)NC(=O)c1ccc(Nc2ccc(S(=O)(=O)O)c3ccc(O)cc23)cc1C. The van der Waals surface area contributed by atoms with Crippen molar-refractivity contribution in [1.82, 2.24) is 10.6 Å². The van der Waals surface area contributed by atoms with E-state index in [0.29, 0.717) is 44.6 Å². The summed E-state index contributed by atoms with van der Waals surface area (Å²) in [5, 5.41) is 31.4. The molecule has 0 spiro atoms. The number of nitrogens with one attached hydrogen (secondary N) is 4. The molecule has 0 saturated heterocycles. The number of carbonyl (C=O) groups excluding carboxylic acids is 3. The second kappa shape index (κ2) is 14.1. The number of imide groups is 2. The van der Waals surface area contributed by atoms with Crippen LogP contribution >= 0.6 is 0 Å². The maximum Gasteiger partial charge on any atom is 0.328 e. The molecule has 0 unspecified atom stereocenters. The molecule has 0 bridgehead atoms. The molecular formula is C37H30N4O11S2. The molecule has 0 fully saturated rings. The fourth-order valence-electron chi connectivity index (χ4n) is 5.96. The van der Waals surface area contributed by atoms with Gasteiger partial charge in [0.25, 0.3) is 32.1 Å². The molecule has 0 aliphatic rings. The van der Waals surface area contributed by atoms with Gasteiger partial charge in [0.2, 0.25) is 0 Å². The summed E-state index contributed by atoms with van der Waals surface area (Å²) in [7, 11) is -9.10. The number of phenols is 2. The van der Waals surface area contributed by atoms with Crippen LogP contribution in [0.15, 0.2) is 107 Å². The number of phenolic OH excluding ortho intramolecular Hbond substituents is 2. The maximum atomic E-state index is 13.0. The smallest absolute Gasteiger partial charge is 0.328 e. The quantitative estimate of drug-likeness (QED) is 0.0795. The first-order valence-corrected chi connectivity index (χ1v) is 18.7. The average Bonchev–Trinajstić information content (AvgIpc) is 3.07. The van der Waals surface area contributed by atoms with Crippen LogP contribution in [0.25, 0.3) is 21.5 Å². The van der Waals surface area contributed by atoms with E-state index in [0.717, 1.165) is 0 Å². The monoisotopic (exact) mass is 770 g/mol. The van der Waals surface area contributed by atoms with Crippen molar-refractivity contribution in [1.29, 1.82) is 0 Å². The van der Waals surface area contributed by atoms with E-state index in [1.165, 1.54) is 84.9 Å². The fourth-order valence-corrected chi connectivity index (χ4v) is 7.35. The van der Waals surface area contributed by atoms with Crippen LogP contribution in [-0.2, 0) is 20.2 Å². The first kappa shape index (κ1) is 37.2. The molecule has 17 heteroatoms. The highest BCUT2D eigenvalue weighted by molar-refractivity contribution is 7.86. The summed E-state index contributed by atoms with van der Waals surface area (Å²) in [5.41, 5.74) is 2.84. The van der Waals surface area contributed by atoms with Crippen molar-refractivity contribution >= 4 is 82.4 Å². The van der Waals surface area contributed by atoms with E-state index in [-0.39, 0.29) is 43.2 Å². The molecule has 54 heavy (non-hydrogen) atoms. The largest absolute Gasteiger partial charge is 0.508 e. The summed E-state index contributed by atoms with van der Waals surface area (Å²) < 4.78 is 66.7. The number of aromatic hydroxyl groups is 2. The van der Waals surface area contributed by atoms with E-state index in [2.05, 4.69) is 21.3 Å². The standard InChI is InChI=1S/C37H30N4O11S2/c1-19-15-21(38-31-11-13-33(53(47,48)49)27-9-5-23(42)17-29(27)31)3-7-25(19)35(44)40-37(46)41-36(45)26-8-4-22(16-20(26)2)39-32-12-14-34(54(50,51)52)28-10-6-24(43)18-30(28)32/h3-18,38-39,42-43H,1-2H3,(H,47,48,49)(H,50,51,52)(H2,40,41,44,45,46). The molecule has 4 amide bonds. The predicted octanol–water partition coefficient (Wildman–Crippen LogP) is 6.28. The Kier molecular flexibility index (Phi) is 9.74. The Balaban J connectivity index is 1.12. The van der Waals surface area contributed by atoms with Crippen molar-refractivity contribution in [2.75, 3.05) is 10.6 Å². The zero-order valence-electron chi connectivity index (χ0n) is 28.2. The minimum atomic E-state index is -4.55. The van der Waals surface area contributed by atoms with Crippen molar-refractivity contribution < 1.29 is 50.5 Å². The van der Waals surface area contributed by atoms with E-state index in [9.17, 15) is 50.5 Å². The van der Waals surface area contributed by atoms with Crippen LogP contribution in [0.2, 0.25) is 0 Å². The molecule has 0 radical (unpaired) electrons. The zero-order chi connectivity index (χ0) is 39.1. The molecule has 8 N–H and O–H groups in total. The first-order valence-electron chi connectivity index (χ1n) is 15.8. The second-order valence-corrected chi connectivity index (χ2v) is 15.0. The van der Waals surface area contributed by atoms with E-state index in [4.69, 9.17) is 0 Å². The molecular weight excluding hydrogens is 741 g/mol. The number of anilines is 4. The van der Waals surface area contributed by atoms with Gasteiger partial charge in [-0.2, -0.15) is 16.8 Å². The van der Waals surface area contributed by atoms with Gasteiger partial charge >= 0.3 is 6.03 Å². The van der Waals surface area contributed by atoms with Crippen LogP contribution in [0, 0.1) is 13.8 Å². The third-order valence-corrected chi connectivity index (χ3v) is 10.3. The normalized spacial score (nSPS) is 11.6. The number of urea groups is 1. The second-order valence-electron chi connectivity index (χ2n) is 12.2. The Hall–Kier alpha value is -6.53. The summed E-state index contributed by atoms with van der Waals surface area (Å²) >= 11 is 0. The van der Waals surface area contributed by atoms with E-state index >= 15 is 0 Å². The number of hydrogen-bond acceptors (Lipinski definition) is 11. The van der Waals surface area contributed by atoms with E-state index < -0.39 is 38.1 Å². The minimum absolute atomic E-state index is 0.115. The summed E-state index contributed by atoms with van der Waals surface area (Å²) in [6, 6.07) is 21.2. The highest BCUT2D eigenvalue weighted by Crippen LogP contribution is 2.35. The molecule has 6 rings (SSSR count). The van der Waals surface area contributed by atoms with Gasteiger partial charge in [-0.15, -0.1) is 0 Å². The number of aryl methyl sites for hydroxylation is 2. The number of rotatable bonds is 8. The number of benzene rings is 6. The topological polar surface area (TPSA) is 249 Å². The van der Waals surface area contributed by atoms with Crippen LogP contribution < -0.4 is 21.3 Å². The molecule has 0 atom stereocenters. The summed E-state index contributed by atoms with van der Waals surface area (Å²) in [4.78, 5) is 38.0. The van der Waals surface area contributed by atoms with Gasteiger partial charge in [-0.05, 0) is 122 Å². The number of fused-ring (bicyclic) bond motifs is 2. The van der Waals surface area contributed by atoms with Gasteiger partial charge < -0.3 is 20.8 Å². The lowest BCUT2D eigenvalue weighted by Crippen LogP contribution is -2.42. The van der Waals surface area contributed by atoms with Crippen LogP contribution in [0.3, 0.4) is 0 Å². The number of carbonyl (C=O) groups is 3. The van der Waals surface area contributed by atoms with Gasteiger partial charge in [0, 0.05) is 55.4 Å². The Bertz CT molecular complexity index is 2600. The molecule has 0 heterocycles. The van der Waals surface area contributed by atoms with Gasteiger partial charge in [-0.25, -0.2) is 4.79 Å². The molecule has 0 aromatic heterocycles. The molecule has 6 aromatic carbocycles. The predicted molar refractivity (Wildman–Crippen MR) is 200 cm³/mol. The molecule has 15 nitrogen and oxygen atoms in total. The van der Waals surface area contributed by atoms with E-state index in [1.54, 1.807) is 26.0 Å². The van der Waals surface area contributed by atoms with Crippen molar-refractivity contribution in [2.24, 2.45) is 0 Å². The first-order chi connectivity index (χ1) is 25.4. The van der Waals surface area contributed by atoms with Crippen molar-refractivity contribution in [3.8, 4) is 11.5 Å². The summed E-state index contributed by atoms with van der Waals surface area (Å²) in [6.07, 6.45) is 0. The Morgan fingerprint density at radius 3 is 1.24 bits per heavy atom. The molecule has 0 aliphatic carbocycles. The Labute approximate surface area is 307 Å². The third kappa shape index (κ3) is 7.79. The molecule has 0 saturated carbocycles. The van der Waals surface area contributed by atoms with E-state index in [1.807, 2.05) is 0 Å². The Morgan fingerprint density at radius 1 is 0.500 bits per heavy atom. The fraction of sp³-hybridized carbons (Fsp3) is 0.0541. The number of hydrogen-bond donors (Lipinski definition) is 8. The van der Waals surface area contributed by atoms with Crippen LogP contribution in [0.1, 0.15) is 31.8 Å². The summed E-state index contributed by atoms with van der Waals surface area (Å²) in [5.74, 6) is -1.87. The highest BCUT2D eigenvalue weighted by atomic mass is 32.2. The van der Waals surface area contributed by atoms with Crippen LogP contribution in [-0.4, -0.2) is 54.0 Å². The third-order valence-electron chi connectivity index (χ3n) is 8.43. The lowest BCUT2D eigenvalue weighted by molar-refractivity contribution is 0.0944. The van der Waals surface area contributed by atoms with Crippen molar-refractivity contribution in [3.63, 3.8) is 0 Å². The molecule has 6 aromatic rings. The summed E-state index contributed by atoms with van der Waals surface area (Å²) in [6.45, 7) is 3.23. The highest BCUT2D eigenvalue weighted by Gasteiger charge is 2.20. The van der Waals surface area contributed by atoms with Crippen LogP contribution in [0.5, 0.6) is 11.5 Å². The molecule has 0 aliphatic heterocycles. The lowest BCUT2D eigenvalue weighted by Gasteiger charge is -2.15. The van der Waals surface area contributed by atoms with Gasteiger partial charge in [0.05, 0.1) is 0 Å². The van der Waals surface area contributed by atoms with Gasteiger partial charge in [0.1, 0.15) is 21.3 Å². The zero-order valence-corrected chi connectivity index (χ0v) is 29.8. The van der Waals surface area contributed by atoms with Crippen molar-refractivity contribution in [3.05, 3.63) is 119 Å². The minimum Gasteiger partial charge on any atom is -0.508 e. The average molecular weight is 771 g/mol. The van der Waals surface area contributed by atoms with Crippen molar-refractivity contribution in [2.45, 2.75) is 23.6 Å². The number of amides is 4. The van der Waals surface area contributed by atoms with Gasteiger partial charge in [-0.1, -0.05) is 0 Å². The van der Waals surface area contributed by atoms with Gasteiger partial charge in [0.15, 0.2) is 0 Å². The Morgan fingerprint density at radius 2 is 0.889 bits per heavy atom. The van der Waals surface area contributed by atoms with Gasteiger partial charge in [-0.3, -0.25) is 29.3 Å².